The van der Waals surface area contributed by atoms with Crippen molar-refractivity contribution in [2.75, 3.05) is 0 Å². The molecular formula is C20H23N7O4. The Morgan fingerprint density at radius 3 is 2.61 bits per heavy atom. The molecule has 11 nitrogen and oxygen atoms in total. The molecule has 1 aromatic carbocycles. The number of aryl methyl sites for hydroxylation is 1. The molecule has 0 atom stereocenters. The number of hydrogen-bond donors (Lipinski definition) is 1. The topological polar surface area (TPSA) is 142 Å². The number of nitro benzene ring substituents is 1. The van der Waals surface area contributed by atoms with Crippen LogP contribution in [0, 0.1) is 24.0 Å². The van der Waals surface area contributed by atoms with E-state index in [0.29, 0.717) is 35.9 Å². The van der Waals surface area contributed by atoms with Crippen LogP contribution in [0.4, 0.5) is 5.69 Å². The first-order valence-corrected chi connectivity index (χ1v) is 10.2. The van der Waals surface area contributed by atoms with Crippen LogP contribution in [0.25, 0.3) is 5.69 Å². The van der Waals surface area contributed by atoms with Gasteiger partial charge in [-0.1, -0.05) is 42.1 Å². The third-order valence-corrected chi connectivity index (χ3v) is 5.66. The summed E-state index contributed by atoms with van der Waals surface area (Å²) in [4.78, 5) is 28.2. The molecule has 0 spiro atoms. The Morgan fingerprint density at radius 2 is 1.97 bits per heavy atom. The fourth-order valence-corrected chi connectivity index (χ4v) is 4.03. The van der Waals surface area contributed by atoms with Crippen molar-refractivity contribution < 1.29 is 14.2 Å². The molecule has 0 saturated heterocycles. The largest absolute Gasteiger partial charge is 0.340 e. The molecule has 0 bridgehead atoms. The average molecular weight is 425 g/mol. The summed E-state index contributed by atoms with van der Waals surface area (Å²) in [6.07, 6.45) is 5.44. The zero-order valence-corrected chi connectivity index (χ0v) is 17.4. The van der Waals surface area contributed by atoms with E-state index in [9.17, 15) is 14.9 Å². The van der Waals surface area contributed by atoms with Crippen LogP contribution in [0.5, 0.6) is 0 Å². The summed E-state index contributed by atoms with van der Waals surface area (Å²) in [6, 6.07) is 6.02. The Balaban J connectivity index is 1.65. The zero-order chi connectivity index (χ0) is 22.0. The Kier molecular flexibility index (Phi) is 5.49. The van der Waals surface area contributed by atoms with E-state index in [-0.39, 0.29) is 11.4 Å². The van der Waals surface area contributed by atoms with Gasteiger partial charge in [0.1, 0.15) is 5.54 Å². The smallest absolute Gasteiger partial charge is 0.274 e. The maximum atomic E-state index is 13.2. The maximum Gasteiger partial charge on any atom is 0.274 e. The first-order valence-electron chi connectivity index (χ1n) is 10.2. The van der Waals surface area contributed by atoms with Gasteiger partial charge >= 0.3 is 0 Å². The molecule has 1 saturated carbocycles. The van der Waals surface area contributed by atoms with Gasteiger partial charge in [-0.2, -0.15) is 4.98 Å². The summed E-state index contributed by atoms with van der Waals surface area (Å²) in [7, 11) is 0. The van der Waals surface area contributed by atoms with E-state index >= 15 is 0 Å². The standard InChI is InChI=1S/C20H23N7O4/c1-13-17(23-25-26(13)15-8-7-9-16(12-15)27(29)30)18(28)22-20(10-5-3-4-6-11-20)19-21-14(2)31-24-19/h7-9,12H,3-6,10-11H2,1-2H3,(H,22,28). The number of non-ortho nitro benzene ring substituents is 1. The van der Waals surface area contributed by atoms with E-state index in [4.69, 9.17) is 4.52 Å². The molecule has 1 fully saturated rings. The van der Waals surface area contributed by atoms with Crippen molar-refractivity contribution in [3.8, 4) is 5.69 Å². The van der Waals surface area contributed by atoms with Gasteiger partial charge in [-0.05, 0) is 25.8 Å². The number of aromatic nitrogens is 5. The Labute approximate surface area is 178 Å². The van der Waals surface area contributed by atoms with Gasteiger partial charge in [-0.15, -0.1) is 5.10 Å². The number of carbonyl (C=O) groups is 1. The third-order valence-electron chi connectivity index (χ3n) is 5.66. The van der Waals surface area contributed by atoms with Gasteiger partial charge in [0.15, 0.2) is 11.5 Å². The van der Waals surface area contributed by atoms with Crippen molar-refractivity contribution in [2.45, 2.75) is 57.9 Å². The highest BCUT2D eigenvalue weighted by atomic mass is 16.6. The lowest BCUT2D eigenvalue weighted by Gasteiger charge is -2.30. The molecule has 1 amide bonds. The predicted molar refractivity (Wildman–Crippen MR) is 109 cm³/mol. The number of nitro groups is 1. The number of benzene rings is 1. The summed E-state index contributed by atoms with van der Waals surface area (Å²) >= 11 is 0. The van der Waals surface area contributed by atoms with E-state index < -0.39 is 16.4 Å². The van der Waals surface area contributed by atoms with Gasteiger partial charge in [0.05, 0.1) is 16.3 Å². The second-order valence-corrected chi connectivity index (χ2v) is 7.80. The molecule has 3 aromatic rings. The molecule has 2 aromatic heterocycles. The summed E-state index contributed by atoms with van der Waals surface area (Å²) in [6.45, 7) is 3.42. The first kappa shape index (κ1) is 20.6. The van der Waals surface area contributed by atoms with Crippen molar-refractivity contribution >= 4 is 11.6 Å². The number of rotatable bonds is 5. The number of carbonyl (C=O) groups excluding carboxylic acids is 1. The minimum absolute atomic E-state index is 0.0664. The van der Waals surface area contributed by atoms with Gasteiger partial charge in [-0.25, -0.2) is 4.68 Å². The lowest BCUT2D eigenvalue weighted by molar-refractivity contribution is -0.384. The van der Waals surface area contributed by atoms with E-state index in [1.54, 1.807) is 26.0 Å². The highest BCUT2D eigenvalue weighted by Crippen LogP contribution is 2.35. The zero-order valence-electron chi connectivity index (χ0n) is 17.4. The van der Waals surface area contributed by atoms with Crippen LogP contribution in [-0.4, -0.2) is 36.0 Å². The molecule has 31 heavy (non-hydrogen) atoms. The lowest BCUT2D eigenvalue weighted by atomic mass is 9.89. The molecule has 11 heteroatoms. The van der Waals surface area contributed by atoms with Crippen molar-refractivity contribution in [3.63, 3.8) is 0 Å². The second kappa shape index (κ2) is 8.25. The number of nitrogens with zero attached hydrogens (tertiary/aromatic N) is 6. The fourth-order valence-electron chi connectivity index (χ4n) is 4.03. The molecule has 1 aliphatic rings. The molecule has 0 radical (unpaired) electrons. The van der Waals surface area contributed by atoms with Gasteiger partial charge < -0.3 is 9.84 Å². The molecule has 1 aliphatic carbocycles. The molecule has 2 heterocycles. The van der Waals surface area contributed by atoms with E-state index in [1.807, 2.05) is 0 Å². The van der Waals surface area contributed by atoms with Gasteiger partial charge in [-0.3, -0.25) is 14.9 Å². The van der Waals surface area contributed by atoms with Crippen LogP contribution in [0.15, 0.2) is 28.8 Å². The SMILES string of the molecule is Cc1nc(C2(NC(=O)c3nnn(-c4cccc([N+](=O)[O-])c4)c3C)CCCCCC2)no1. The molecular weight excluding hydrogens is 402 g/mol. The van der Waals surface area contributed by atoms with Crippen LogP contribution < -0.4 is 5.32 Å². The predicted octanol–water partition coefficient (Wildman–Crippen LogP) is 3.15. The Hall–Kier alpha value is -3.63. The van der Waals surface area contributed by atoms with Crippen molar-refractivity contribution in [2.24, 2.45) is 0 Å². The highest BCUT2D eigenvalue weighted by Gasteiger charge is 2.39. The average Bonchev–Trinajstić information content (AvgIpc) is 3.28. The van der Waals surface area contributed by atoms with Crippen LogP contribution in [0.2, 0.25) is 0 Å². The molecule has 1 N–H and O–H groups in total. The summed E-state index contributed by atoms with van der Waals surface area (Å²) in [5.74, 6) is 0.531. The minimum Gasteiger partial charge on any atom is -0.340 e. The van der Waals surface area contributed by atoms with Crippen molar-refractivity contribution in [3.05, 3.63) is 57.5 Å². The number of amides is 1. The maximum absolute atomic E-state index is 13.2. The van der Waals surface area contributed by atoms with Gasteiger partial charge in [0.2, 0.25) is 5.89 Å². The fraction of sp³-hybridized carbons (Fsp3) is 0.450. The van der Waals surface area contributed by atoms with Gasteiger partial charge in [0.25, 0.3) is 11.6 Å². The van der Waals surface area contributed by atoms with Crippen LogP contribution in [0.1, 0.15) is 66.4 Å². The molecule has 162 valence electrons. The van der Waals surface area contributed by atoms with Crippen LogP contribution in [0.3, 0.4) is 0 Å². The first-order chi connectivity index (χ1) is 14.9. The molecule has 4 rings (SSSR count). The Morgan fingerprint density at radius 1 is 1.23 bits per heavy atom. The molecule has 0 aliphatic heterocycles. The lowest BCUT2D eigenvalue weighted by Crippen LogP contribution is -2.46. The van der Waals surface area contributed by atoms with E-state index in [2.05, 4.69) is 25.8 Å². The third kappa shape index (κ3) is 4.03. The number of hydrogen-bond acceptors (Lipinski definition) is 8. The van der Waals surface area contributed by atoms with Crippen molar-refractivity contribution in [1.82, 2.24) is 30.5 Å². The summed E-state index contributed by atoms with van der Waals surface area (Å²) in [5, 5.41) is 26.4. The van der Waals surface area contributed by atoms with Crippen LogP contribution >= 0.6 is 0 Å². The number of nitrogens with one attached hydrogen (secondary N) is 1. The van der Waals surface area contributed by atoms with Gasteiger partial charge in [0, 0.05) is 19.1 Å². The molecule has 0 unspecified atom stereocenters. The summed E-state index contributed by atoms with van der Waals surface area (Å²) < 4.78 is 6.60. The van der Waals surface area contributed by atoms with E-state index in [0.717, 1.165) is 25.7 Å². The monoisotopic (exact) mass is 425 g/mol. The van der Waals surface area contributed by atoms with Crippen LogP contribution in [-0.2, 0) is 5.54 Å². The van der Waals surface area contributed by atoms with Crippen molar-refractivity contribution in [1.29, 1.82) is 0 Å². The Bertz CT molecular complexity index is 1110. The second-order valence-electron chi connectivity index (χ2n) is 7.80. The highest BCUT2D eigenvalue weighted by molar-refractivity contribution is 5.93. The normalized spacial score (nSPS) is 15.9. The quantitative estimate of drug-likeness (QED) is 0.373. The van der Waals surface area contributed by atoms with E-state index in [1.165, 1.54) is 16.8 Å². The summed E-state index contributed by atoms with van der Waals surface area (Å²) in [5.41, 5.74) is 0.286. The minimum atomic E-state index is -0.729.